The van der Waals surface area contributed by atoms with E-state index in [0.717, 1.165) is 38.2 Å². The molecular formula is C17H25IN4O. The van der Waals surface area contributed by atoms with Gasteiger partial charge < -0.3 is 20.7 Å². The molecule has 0 unspecified atom stereocenters. The summed E-state index contributed by atoms with van der Waals surface area (Å²) in [5.41, 5.74) is 1.94. The number of aromatic nitrogens is 1. The lowest BCUT2D eigenvalue weighted by atomic mass is 9.80. The predicted octanol–water partition coefficient (Wildman–Crippen LogP) is 2.41. The highest BCUT2D eigenvalue weighted by atomic mass is 127. The third-order valence-electron chi connectivity index (χ3n) is 4.45. The molecule has 0 atom stereocenters. The number of benzene rings is 1. The molecule has 0 radical (unpaired) electrons. The van der Waals surface area contributed by atoms with E-state index in [0.29, 0.717) is 6.54 Å². The largest absolute Gasteiger partial charge is 0.388 e. The van der Waals surface area contributed by atoms with Crippen LogP contribution >= 0.6 is 24.0 Å². The fourth-order valence-corrected chi connectivity index (χ4v) is 2.88. The number of nitrogens with zero attached hydrogens (tertiary/aromatic N) is 1. The van der Waals surface area contributed by atoms with Crippen LogP contribution in [0.15, 0.2) is 35.5 Å². The maximum absolute atomic E-state index is 10.1. The van der Waals surface area contributed by atoms with Crippen LogP contribution in [0.2, 0.25) is 0 Å². The number of para-hydroxylation sites is 1. The van der Waals surface area contributed by atoms with Crippen LogP contribution in [0.1, 0.15) is 24.8 Å². The van der Waals surface area contributed by atoms with Gasteiger partial charge in [0.15, 0.2) is 5.96 Å². The number of aliphatic hydroxyl groups is 1. The number of hydrogen-bond donors (Lipinski definition) is 4. The molecule has 0 bridgehead atoms. The van der Waals surface area contributed by atoms with Crippen molar-refractivity contribution < 1.29 is 5.11 Å². The van der Waals surface area contributed by atoms with Crippen LogP contribution in [-0.2, 0) is 6.42 Å². The van der Waals surface area contributed by atoms with Crippen LogP contribution in [-0.4, -0.2) is 41.8 Å². The Kier molecular flexibility index (Phi) is 6.29. The summed E-state index contributed by atoms with van der Waals surface area (Å²) in [6.07, 6.45) is 5.87. The normalized spacial score (nSPS) is 16.5. The van der Waals surface area contributed by atoms with Crippen LogP contribution in [0.5, 0.6) is 0 Å². The van der Waals surface area contributed by atoms with E-state index in [4.69, 9.17) is 0 Å². The summed E-state index contributed by atoms with van der Waals surface area (Å²) >= 11 is 0. The number of nitrogens with one attached hydrogen (secondary N) is 3. The first-order valence-electron chi connectivity index (χ1n) is 7.92. The predicted molar refractivity (Wildman–Crippen MR) is 106 cm³/mol. The Morgan fingerprint density at radius 2 is 2.09 bits per heavy atom. The zero-order chi connectivity index (χ0) is 15.4. The average Bonchev–Trinajstić information content (AvgIpc) is 2.92. The van der Waals surface area contributed by atoms with E-state index in [1.54, 1.807) is 7.05 Å². The highest BCUT2D eigenvalue weighted by Crippen LogP contribution is 2.30. The van der Waals surface area contributed by atoms with Gasteiger partial charge in [-0.05, 0) is 37.3 Å². The average molecular weight is 428 g/mol. The molecule has 0 aliphatic heterocycles. The molecule has 1 aliphatic rings. The fraction of sp³-hybridized carbons (Fsp3) is 0.471. The number of aromatic amines is 1. The Morgan fingerprint density at radius 1 is 1.30 bits per heavy atom. The maximum atomic E-state index is 10.1. The van der Waals surface area contributed by atoms with Gasteiger partial charge in [0.05, 0.1) is 5.60 Å². The van der Waals surface area contributed by atoms with E-state index in [2.05, 4.69) is 45.0 Å². The van der Waals surface area contributed by atoms with Crippen LogP contribution in [0.4, 0.5) is 0 Å². The topological polar surface area (TPSA) is 72.4 Å². The summed E-state index contributed by atoms with van der Waals surface area (Å²) in [4.78, 5) is 7.50. The van der Waals surface area contributed by atoms with Gasteiger partial charge in [-0.1, -0.05) is 18.2 Å². The van der Waals surface area contributed by atoms with Gasteiger partial charge in [-0.25, -0.2) is 0 Å². The minimum absolute atomic E-state index is 0. The second-order valence-corrected chi connectivity index (χ2v) is 6.04. The maximum Gasteiger partial charge on any atom is 0.191 e. The first-order valence-corrected chi connectivity index (χ1v) is 7.92. The van der Waals surface area contributed by atoms with Crippen molar-refractivity contribution >= 4 is 40.8 Å². The molecule has 1 aliphatic carbocycles. The number of fused-ring (bicyclic) bond motifs is 1. The molecule has 1 heterocycles. The molecule has 5 nitrogen and oxygen atoms in total. The first kappa shape index (κ1) is 18.1. The number of aliphatic imine (C=N–C) groups is 1. The summed E-state index contributed by atoms with van der Waals surface area (Å²) in [7, 11) is 1.76. The Morgan fingerprint density at radius 3 is 2.78 bits per heavy atom. The van der Waals surface area contributed by atoms with Gasteiger partial charge >= 0.3 is 0 Å². The van der Waals surface area contributed by atoms with Gasteiger partial charge in [0.1, 0.15) is 0 Å². The van der Waals surface area contributed by atoms with Crippen molar-refractivity contribution in [2.75, 3.05) is 20.1 Å². The molecule has 3 rings (SSSR count). The van der Waals surface area contributed by atoms with Crippen LogP contribution in [0.25, 0.3) is 10.9 Å². The molecule has 2 aromatic rings. The lowest BCUT2D eigenvalue weighted by Gasteiger charge is -2.36. The van der Waals surface area contributed by atoms with E-state index >= 15 is 0 Å². The zero-order valence-electron chi connectivity index (χ0n) is 13.4. The first-order chi connectivity index (χ1) is 10.7. The number of hydrogen-bond acceptors (Lipinski definition) is 2. The van der Waals surface area contributed by atoms with Crippen LogP contribution < -0.4 is 10.6 Å². The molecule has 0 amide bonds. The van der Waals surface area contributed by atoms with Crippen LogP contribution in [0.3, 0.4) is 0 Å². The highest BCUT2D eigenvalue weighted by molar-refractivity contribution is 14.0. The third-order valence-corrected chi connectivity index (χ3v) is 4.45. The minimum atomic E-state index is -0.533. The molecule has 0 saturated heterocycles. The number of H-pyrrole nitrogens is 1. The highest BCUT2D eigenvalue weighted by Gasteiger charge is 2.34. The lowest BCUT2D eigenvalue weighted by molar-refractivity contribution is -0.0279. The summed E-state index contributed by atoms with van der Waals surface area (Å²) < 4.78 is 0. The van der Waals surface area contributed by atoms with Gasteiger partial charge in [-0.15, -0.1) is 24.0 Å². The van der Waals surface area contributed by atoms with E-state index < -0.39 is 5.60 Å². The second kappa shape index (κ2) is 8.01. The van der Waals surface area contributed by atoms with Gasteiger partial charge in [0.2, 0.25) is 0 Å². The molecule has 1 saturated carbocycles. The third kappa shape index (κ3) is 4.38. The molecule has 1 fully saturated rings. The van der Waals surface area contributed by atoms with Crippen molar-refractivity contribution in [2.24, 2.45) is 4.99 Å². The van der Waals surface area contributed by atoms with E-state index in [9.17, 15) is 5.11 Å². The summed E-state index contributed by atoms with van der Waals surface area (Å²) in [5.74, 6) is 0.750. The van der Waals surface area contributed by atoms with Gasteiger partial charge in [-0.3, -0.25) is 4.99 Å². The number of rotatable bonds is 5. The van der Waals surface area contributed by atoms with Gasteiger partial charge in [0.25, 0.3) is 0 Å². The molecule has 126 valence electrons. The Bertz CT molecular complexity index is 663. The molecule has 23 heavy (non-hydrogen) atoms. The zero-order valence-corrected chi connectivity index (χ0v) is 15.8. The number of guanidine groups is 1. The minimum Gasteiger partial charge on any atom is -0.388 e. The van der Waals surface area contributed by atoms with Crippen molar-refractivity contribution in [3.05, 3.63) is 36.0 Å². The molecule has 4 N–H and O–H groups in total. The standard InChI is InChI=1S/C17H24N4O.HI/c1-18-16(21-12-17(22)8-4-9-17)19-10-7-13-11-20-15-6-3-2-5-14(13)15;/h2-3,5-6,11,20,22H,4,7-10,12H2,1H3,(H2,18,19,21);1H. The van der Waals surface area contributed by atoms with E-state index in [1.165, 1.54) is 16.5 Å². The van der Waals surface area contributed by atoms with Crippen molar-refractivity contribution in [1.82, 2.24) is 15.6 Å². The second-order valence-electron chi connectivity index (χ2n) is 6.04. The number of halogens is 1. The van der Waals surface area contributed by atoms with Crippen LogP contribution in [0, 0.1) is 0 Å². The quantitative estimate of drug-likeness (QED) is 0.336. The van der Waals surface area contributed by atoms with Crippen molar-refractivity contribution in [2.45, 2.75) is 31.3 Å². The van der Waals surface area contributed by atoms with E-state index in [1.807, 2.05) is 6.07 Å². The van der Waals surface area contributed by atoms with Crippen molar-refractivity contribution in [3.63, 3.8) is 0 Å². The Labute approximate surface area is 154 Å². The smallest absolute Gasteiger partial charge is 0.191 e. The summed E-state index contributed by atoms with van der Waals surface area (Å²) in [5, 5.41) is 17.9. The monoisotopic (exact) mass is 428 g/mol. The molecular weight excluding hydrogens is 403 g/mol. The summed E-state index contributed by atoms with van der Waals surface area (Å²) in [6, 6.07) is 8.33. The van der Waals surface area contributed by atoms with Crippen molar-refractivity contribution in [3.8, 4) is 0 Å². The Hall–Kier alpha value is -1.28. The van der Waals surface area contributed by atoms with Gasteiger partial charge in [-0.2, -0.15) is 0 Å². The van der Waals surface area contributed by atoms with E-state index in [-0.39, 0.29) is 24.0 Å². The Balaban J connectivity index is 0.00000192. The SMILES string of the molecule is CN=C(NCCc1c[nH]c2ccccc12)NCC1(O)CCC1.I. The summed E-state index contributed by atoms with van der Waals surface area (Å²) in [6.45, 7) is 1.37. The molecule has 1 aromatic heterocycles. The fourth-order valence-electron chi connectivity index (χ4n) is 2.88. The lowest BCUT2D eigenvalue weighted by Crippen LogP contribution is -2.50. The van der Waals surface area contributed by atoms with Crippen molar-refractivity contribution in [1.29, 1.82) is 0 Å². The van der Waals surface area contributed by atoms with Gasteiger partial charge in [0, 0.05) is 37.2 Å². The molecule has 6 heteroatoms. The molecule has 0 spiro atoms. The molecule has 1 aromatic carbocycles.